The number of aliphatic hydroxyl groups is 1. The summed E-state index contributed by atoms with van der Waals surface area (Å²) in [6.45, 7) is 2.28. The van der Waals surface area contributed by atoms with Gasteiger partial charge in [-0.25, -0.2) is 4.79 Å². The van der Waals surface area contributed by atoms with Gasteiger partial charge in [0.25, 0.3) is 0 Å². The minimum absolute atomic E-state index is 0.281. The van der Waals surface area contributed by atoms with Gasteiger partial charge in [0, 0.05) is 15.8 Å². The third kappa shape index (κ3) is 5.88. The topological polar surface area (TPSA) is 61.4 Å². The van der Waals surface area contributed by atoms with Crippen LogP contribution in [0.5, 0.6) is 0 Å². The molecule has 0 saturated carbocycles. The summed E-state index contributed by atoms with van der Waals surface area (Å²) in [5.74, 6) is 0. The number of aliphatic hydroxyl groups excluding tert-OH is 1. The van der Waals surface area contributed by atoms with Crippen molar-refractivity contribution in [3.8, 4) is 0 Å². The highest BCUT2D eigenvalue weighted by Gasteiger charge is 2.06. The summed E-state index contributed by atoms with van der Waals surface area (Å²) in [6.07, 6.45) is 1.13. The first kappa shape index (κ1) is 14.2. The summed E-state index contributed by atoms with van der Waals surface area (Å²) in [5.41, 5.74) is 0.749. The second-order valence-electron chi connectivity index (χ2n) is 3.79. The van der Waals surface area contributed by atoms with Crippen LogP contribution in [0.1, 0.15) is 19.8 Å². The van der Waals surface area contributed by atoms with Crippen molar-refractivity contribution in [1.82, 2.24) is 5.32 Å². The predicted molar refractivity (Wildman–Crippen MR) is 77.1 cm³/mol. The molecule has 1 aromatic carbocycles. The normalized spacial score (nSPS) is 11.9. The Hall–Kier alpha value is -0.820. The maximum absolute atomic E-state index is 11.5. The summed E-state index contributed by atoms with van der Waals surface area (Å²) in [5, 5.41) is 14.8. The van der Waals surface area contributed by atoms with E-state index < -0.39 is 6.10 Å². The Balaban J connectivity index is 2.34. The third-order valence-corrected chi connectivity index (χ3v) is 2.87. The molecule has 0 bridgehead atoms. The van der Waals surface area contributed by atoms with Gasteiger partial charge in [-0.3, -0.25) is 0 Å². The van der Waals surface area contributed by atoms with Crippen molar-refractivity contribution in [2.45, 2.75) is 25.9 Å². The zero-order chi connectivity index (χ0) is 12.7. The number of carbonyl (C=O) groups is 1. The van der Waals surface area contributed by atoms with E-state index in [1.165, 1.54) is 0 Å². The lowest BCUT2D eigenvalue weighted by atomic mass is 10.2. The van der Waals surface area contributed by atoms with Gasteiger partial charge in [-0.1, -0.05) is 19.4 Å². The predicted octanol–water partition coefficient (Wildman–Crippen LogP) is 2.57. The molecule has 94 valence electrons. The van der Waals surface area contributed by atoms with Crippen LogP contribution >= 0.6 is 22.6 Å². The zero-order valence-electron chi connectivity index (χ0n) is 9.74. The van der Waals surface area contributed by atoms with E-state index in [0.29, 0.717) is 6.42 Å². The summed E-state index contributed by atoms with van der Waals surface area (Å²) >= 11 is 2.18. The van der Waals surface area contributed by atoms with Gasteiger partial charge < -0.3 is 15.7 Å². The van der Waals surface area contributed by atoms with Crippen molar-refractivity contribution < 1.29 is 9.90 Å². The molecular weight excluding hydrogens is 331 g/mol. The molecule has 0 spiro atoms. The van der Waals surface area contributed by atoms with E-state index in [0.717, 1.165) is 15.7 Å². The second kappa shape index (κ2) is 7.50. The zero-order valence-corrected chi connectivity index (χ0v) is 11.9. The first-order valence-electron chi connectivity index (χ1n) is 5.60. The van der Waals surface area contributed by atoms with Gasteiger partial charge in [-0.15, -0.1) is 0 Å². The van der Waals surface area contributed by atoms with Gasteiger partial charge in [0.15, 0.2) is 0 Å². The number of carbonyl (C=O) groups excluding carboxylic acids is 1. The minimum Gasteiger partial charge on any atom is -0.391 e. The van der Waals surface area contributed by atoms with E-state index in [-0.39, 0.29) is 12.6 Å². The van der Waals surface area contributed by atoms with E-state index in [2.05, 4.69) is 33.2 Å². The number of hydrogen-bond donors (Lipinski definition) is 3. The molecule has 0 heterocycles. The highest BCUT2D eigenvalue weighted by molar-refractivity contribution is 14.1. The van der Waals surface area contributed by atoms with Gasteiger partial charge in [-0.2, -0.15) is 0 Å². The van der Waals surface area contributed by atoms with Crippen molar-refractivity contribution in [3.05, 3.63) is 27.8 Å². The van der Waals surface area contributed by atoms with Crippen molar-refractivity contribution in [3.63, 3.8) is 0 Å². The number of hydrogen-bond acceptors (Lipinski definition) is 2. The summed E-state index contributed by atoms with van der Waals surface area (Å²) < 4.78 is 1.06. The van der Waals surface area contributed by atoms with Gasteiger partial charge >= 0.3 is 6.03 Å². The molecule has 0 aromatic heterocycles. The Labute approximate surface area is 115 Å². The Morgan fingerprint density at radius 3 is 2.94 bits per heavy atom. The van der Waals surface area contributed by atoms with Crippen molar-refractivity contribution in [2.75, 3.05) is 11.9 Å². The molecule has 3 N–H and O–H groups in total. The molecule has 0 fully saturated rings. The first-order valence-corrected chi connectivity index (χ1v) is 6.68. The van der Waals surface area contributed by atoms with E-state index in [9.17, 15) is 9.90 Å². The second-order valence-corrected chi connectivity index (χ2v) is 5.03. The maximum atomic E-state index is 11.5. The van der Waals surface area contributed by atoms with E-state index in [1.807, 2.05) is 31.2 Å². The molecule has 1 rings (SSSR count). The molecule has 0 aliphatic rings. The van der Waals surface area contributed by atoms with Crippen molar-refractivity contribution in [2.24, 2.45) is 0 Å². The van der Waals surface area contributed by atoms with Crippen LogP contribution in [0.3, 0.4) is 0 Å². The van der Waals surface area contributed by atoms with Crippen LogP contribution in [0.4, 0.5) is 10.5 Å². The average Bonchev–Trinajstić information content (AvgIpc) is 2.27. The van der Waals surface area contributed by atoms with Crippen LogP contribution in [0, 0.1) is 3.57 Å². The number of benzene rings is 1. The summed E-state index contributed by atoms with van der Waals surface area (Å²) in [6, 6.07) is 7.24. The lowest BCUT2D eigenvalue weighted by Gasteiger charge is -2.11. The van der Waals surface area contributed by atoms with E-state index in [4.69, 9.17) is 0 Å². The highest BCUT2D eigenvalue weighted by atomic mass is 127. The number of halogens is 1. The van der Waals surface area contributed by atoms with Crippen molar-refractivity contribution in [1.29, 1.82) is 0 Å². The molecular formula is C12H17IN2O2. The maximum Gasteiger partial charge on any atom is 0.319 e. The molecule has 0 saturated heterocycles. The van der Waals surface area contributed by atoms with Crippen LogP contribution in [-0.2, 0) is 0 Å². The quantitative estimate of drug-likeness (QED) is 0.717. The molecule has 5 heteroatoms. The summed E-state index contributed by atoms with van der Waals surface area (Å²) in [7, 11) is 0. The molecule has 0 radical (unpaired) electrons. The van der Waals surface area contributed by atoms with Crippen LogP contribution in [0.15, 0.2) is 24.3 Å². The first-order chi connectivity index (χ1) is 8.11. The lowest BCUT2D eigenvalue weighted by molar-refractivity contribution is 0.162. The SMILES string of the molecule is CCCC(O)CNC(=O)Nc1cccc(I)c1. The largest absolute Gasteiger partial charge is 0.391 e. The average molecular weight is 348 g/mol. The smallest absolute Gasteiger partial charge is 0.319 e. The van der Waals surface area contributed by atoms with E-state index in [1.54, 1.807) is 0 Å². The Morgan fingerprint density at radius 1 is 1.53 bits per heavy atom. The molecule has 4 nitrogen and oxygen atoms in total. The van der Waals surface area contributed by atoms with Gasteiger partial charge in [0.05, 0.1) is 6.10 Å². The summed E-state index contributed by atoms with van der Waals surface area (Å²) in [4.78, 5) is 11.5. The number of anilines is 1. The highest BCUT2D eigenvalue weighted by Crippen LogP contribution is 2.11. The number of nitrogens with one attached hydrogen (secondary N) is 2. The molecule has 1 unspecified atom stereocenters. The molecule has 1 atom stereocenters. The van der Waals surface area contributed by atoms with Gasteiger partial charge in [0.2, 0.25) is 0 Å². The third-order valence-electron chi connectivity index (χ3n) is 2.20. The van der Waals surface area contributed by atoms with Gasteiger partial charge in [0.1, 0.15) is 0 Å². The molecule has 17 heavy (non-hydrogen) atoms. The fraction of sp³-hybridized carbons (Fsp3) is 0.417. The molecule has 2 amide bonds. The van der Waals surface area contributed by atoms with E-state index >= 15 is 0 Å². The fourth-order valence-corrected chi connectivity index (χ4v) is 1.93. The molecule has 0 aliphatic heterocycles. The Kier molecular flexibility index (Phi) is 6.28. The molecule has 1 aromatic rings. The Bertz CT molecular complexity index is 371. The number of urea groups is 1. The van der Waals surface area contributed by atoms with Crippen molar-refractivity contribution >= 4 is 34.3 Å². The Morgan fingerprint density at radius 2 is 2.29 bits per heavy atom. The lowest BCUT2D eigenvalue weighted by Crippen LogP contribution is -2.35. The standard InChI is InChI=1S/C12H17IN2O2/c1-2-4-11(16)8-14-12(17)15-10-6-3-5-9(13)7-10/h3,5-7,11,16H,2,4,8H2,1H3,(H2,14,15,17). The van der Waals surface area contributed by atoms with Gasteiger partial charge in [-0.05, 0) is 47.2 Å². The van der Waals surface area contributed by atoms with Crippen LogP contribution in [0.25, 0.3) is 0 Å². The van der Waals surface area contributed by atoms with Crippen LogP contribution in [0.2, 0.25) is 0 Å². The number of amides is 2. The fourth-order valence-electron chi connectivity index (χ4n) is 1.39. The van der Waals surface area contributed by atoms with Crippen LogP contribution in [-0.4, -0.2) is 23.8 Å². The monoisotopic (exact) mass is 348 g/mol. The van der Waals surface area contributed by atoms with Crippen LogP contribution < -0.4 is 10.6 Å². The molecule has 0 aliphatic carbocycles. The minimum atomic E-state index is -0.471. The number of rotatable bonds is 5.